The van der Waals surface area contributed by atoms with Crippen LogP contribution in [0.15, 0.2) is 10.7 Å². The first kappa shape index (κ1) is 15.0. The van der Waals surface area contributed by atoms with Gasteiger partial charge in [0, 0.05) is 18.5 Å². The average Bonchev–Trinajstić information content (AvgIpc) is 2.94. The van der Waals surface area contributed by atoms with Crippen molar-refractivity contribution >= 4 is 15.9 Å². The van der Waals surface area contributed by atoms with Crippen LogP contribution in [0.3, 0.4) is 0 Å². The lowest BCUT2D eigenvalue weighted by atomic mass is 10.0. The molecule has 0 radical (unpaired) electrons. The number of nitrogens with zero attached hydrogens (tertiary/aromatic N) is 3. The Balaban J connectivity index is 2.05. The molecule has 2 atom stereocenters. The van der Waals surface area contributed by atoms with E-state index in [2.05, 4.69) is 56.9 Å². The molecule has 4 nitrogen and oxygen atoms in total. The quantitative estimate of drug-likeness (QED) is 0.870. The summed E-state index contributed by atoms with van der Waals surface area (Å²) in [4.78, 5) is 2.20. The largest absolute Gasteiger partial charge is 0.314 e. The molecule has 1 aromatic rings. The molecule has 1 aliphatic carbocycles. The van der Waals surface area contributed by atoms with Crippen molar-refractivity contribution in [2.24, 2.45) is 0 Å². The van der Waals surface area contributed by atoms with E-state index in [-0.39, 0.29) is 0 Å². The van der Waals surface area contributed by atoms with Crippen molar-refractivity contribution in [2.75, 3.05) is 27.2 Å². The van der Waals surface area contributed by atoms with Crippen molar-refractivity contribution in [3.63, 3.8) is 0 Å². The third-order valence-corrected chi connectivity index (χ3v) is 4.52. The standard InChI is InChI=1S/C14H25BrN4/c1-4-16-12-6-5-11(9-12)14-13(15)10-17-19(14)8-7-18(2)3/h10-12,16H,4-9H2,1-3H3. The van der Waals surface area contributed by atoms with Gasteiger partial charge in [0.25, 0.3) is 0 Å². The number of nitrogens with one attached hydrogen (secondary N) is 1. The Morgan fingerprint density at radius 1 is 1.47 bits per heavy atom. The van der Waals surface area contributed by atoms with Crippen molar-refractivity contribution in [1.82, 2.24) is 20.0 Å². The van der Waals surface area contributed by atoms with Gasteiger partial charge in [0.2, 0.25) is 0 Å². The molecular formula is C14H25BrN4. The minimum atomic E-state index is 0.642. The topological polar surface area (TPSA) is 33.1 Å². The molecule has 0 spiro atoms. The molecule has 2 unspecified atom stereocenters. The number of rotatable bonds is 6. The molecule has 0 aromatic carbocycles. The Morgan fingerprint density at radius 2 is 2.26 bits per heavy atom. The predicted molar refractivity (Wildman–Crippen MR) is 82.5 cm³/mol. The molecule has 1 saturated carbocycles. The first-order valence-corrected chi connectivity index (χ1v) is 8.00. The van der Waals surface area contributed by atoms with Crippen molar-refractivity contribution in [3.8, 4) is 0 Å². The van der Waals surface area contributed by atoms with Crippen molar-refractivity contribution in [3.05, 3.63) is 16.4 Å². The first-order valence-electron chi connectivity index (χ1n) is 7.21. The van der Waals surface area contributed by atoms with Crippen molar-refractivity contribution in [2.45, 2.75) is 44.7 Å². The first-order chi connectivity index (χ1) is 9.11. The van der Waals surface area contributed by atoms with Gasteiger partial charge < -0.3 is 10.2 Å². The lowest BCUT2D eigenvalue weighted by Gasteiger charge is -2.17. The second-order valence-corrected chi connectivity index (χ2v) is 6.52. The molecule has 5 heteroatoms. The Kier molecular flexibility index (Phi) is 5.42. The van der Waals surface area contributed by atoms with Crippen molar-refractivity contribution in [1.29, 1.82) is 0 Å². The maximum Gasteiger partial charge on any atom is 0.0635 e. The highest BCUT2D eigenvalue weighted by molar-refractivity contribution is 9.10. The summed E-state index contributed by atoms with van der Waals surface area (Å²) in [6, 6.07) is 0.680. The van der Waals surface area contributed by atoms with Crippen LogP contribution in [0.2, 0.25) is 0 Å². The van der Waals surface area contributed by atoms with E-state index in [1.165, 1.54) is 29.4 Å². The molecule has 0 aliphatic heterocycles. The van der Waals surface area contributed by atoms with Crippen LogP contribution in [0.4, 0.5) is 0 Å². The number of hydrogen-bond acceptors (Lipinski definition) is 3. The zero-order valence-electron chi connectivity index (χ0n) is 12.2. The Bertz CT molecular complexity index is 402. The molecule has 108 valence electrons. The fraction of sp³-hybridized carbons (Fsp3) is 0.786. The molecular weight excluding hydrogens is 304 g/mol. The van der Waals surface area contributed by atoms with Gasteiger partial charge in [0.1, 0.15) is 0 Å². The molecule has 1 fully saturated rings. The summed E-state index contributed by atoms with van der Waals surface area (Å²) in [5, 5.41) is 8.10. The SMILES string of the molecule is CCNC1CCC(c2c(Br)cnn2CCN(C)C)C1. The number of halogens is 1. The van der Waals surface area contributed by atoms with Gasteiger partial charge in [-0.2, -0.15) is 5.10 Å². The Labute approximate surface area is 124 Å². The third-order valence-electron chi connectivity index (χ3n) is 3.90. The smallest absolute Gasteiger partial charge is 0.0635 e. The van der Waals surface area contributed by atoms with Crippen LogP contribution in [0.5, 0.6) is 0 Å². The summed E-state index contributed by atoms with van der Waals surface area (Å²) < 4.78 is 3.36. The van der Waals surface area contributed by atoms with E-state index in [1.807, 2.05) is 6.20 Å². The summed E-state index contributed by atoms with van der Waals surface area (Å²) >= 11 is 3.68. The maximum atomic E-state index is 4.53. The van der Waals surface area contributed by atoms with E-state index < -0.39 is 0 Å². The second-order valence-electron chi connectivity index (χ2n) is 5.67. The third kappa shape index (κ3) is 3.80. The monoisotopic (exact) mass is 328 g/mol. The minimum absolute atomic E-state index is 0.642. The zero-order chi connectivity index (χ0) is 13.8. The molecule has 19 heavy (non-hydrogen) atoms. The van der Waals surface area contributed by atoms with Crippen molar-refractivity contribution < 1.29 is 0 Å². The maximum absolute atomic E-state index is 4.53. The van der Waals surface area contributed by atoms with Crippen LogP contribution in [0, 0.1) is 0 Å². The van der Waals surface area contributed by atoms with Crippen LogP contribution in [0.1, 0.15) is 37.8 Å². The van der Waals surface area contributed by atoms with Gasteiger partial charge in [0.15, 0.2) is 0 Å². The van der Waals surface area contributed by atoms with Crippen LogP contribution in [-0.2, 0) is 6.54 Å². The normalized spacial score (nSPS) is 23.4. The molecule has 0 bridgehead atoms. The minimum Gasteiger partial charge on any atom is -0.314 e. The van der Waals surface area contributed by atoms with E-state index in [4.69, 9.17) is 0 Å². The molecule has 0 amide bonds. The number of likely N-dealkylation sites (N-methyl/N-ethyl adjacent to an activating group) is 1. The van der Waals surface area contributed by atoms with Crippen LogP contribution in [0.25, 0.3) is 0 Å². The average molecular weight is 329 g/mol. The van der Waals surface area contributed by atoms with Gasteiger partial charge in [-0.25, -0.2) is 0 Å². The Morgan fingerprint density at radius 3 is 2.95 bits per heavy atom. The zero-order valence-corrected chi connectivity index (χ0v) is 13.8. The molecule has 0 saturated heterocycles. The number of hydrogen-bond donors (Lipinski definition) is 1. The summed E-state index contributed by atoms with van der Waals surface area (Å²) in [6.07, 6.45) is 5.74. The predicted octanol–water partition coefficient (Wildman–Crippen LogP) is 2.45. The molecule has 1 aromatic heterocycles. The fourth-order valence-electron chi connectivity index (χ4n) is 2.95. The summed E-state index contributed by atoms with van der Waals surface area (Å²) in [7, 11) is 4.21. The second kappa shape index (κ2) is 6.86. The lowest BCUT2D eigenvalue weighted by Crippen LogP contribution is -2.26. The number of aromatic nitrogens is 2. The van der Waals surface area contributed by atoms with E-state index >= 15 is 0 Å². The fourth-order valence-corrected chi connectivity index (χ4v) is 3.57. The summed E-state index contributed by atoms with van der Waals surface area (Å²) in [5.74, 6) is 0.642. The van der Waals surface area contributed by atoms with Gasteiger partial charge >= 0.3 is 0 Å². The van der Waals surface area contributed by atoms with Gasteiger partial charge in [-0.1, -0.05) is 6.92 Å². The molecule has 1 N–H and O–H groups in total. The summed E-state index contributed by atoms with van der Waals surface area (Å²) in [6.45, 7) is 5.25. The molecule has 1 heterocycles. The van der Waals surface area contributed by atoms with Gasteiger partial charge in [-0.15, -0.1) is 0 Å². The molecule has 1 aliphatic rings. The highest BCUT2D eigenvalue weighted by atomic mass is 79.9. The Hall–Kier alpha value is -0.390. The van der Waals surface area contributed by atoms with Gasteiger partial charge in [-0.05, 0) is 55.8 Å². The lowest BCUT2D eigenvalue weighted by molar-refractivity contribution is 0.365. The van der Waals surface area contributed by atoms with E-state index in [9.17, 15) is 0 Å². The van der Waals surface area contributed by atoms with E-state index in [1.54, 1.807) is 0 Å². The summed E-state index contributed by atoms with van der Waals surface area (Å²) in [5.41, 5.74) is 1.39. The van der Waals surface area contributed by atoms with E-state index in [0.717, 1.165) is 19.6 Å². The van der Waals surface area contributed by atoms with Gasteiger partial charge in [0.05, 0.1) is 22.9 Å². The van der Waals surface area contributed by atoms with Crippen LogP contribution < -0.4 is 5.32 Å². The highest BCUT2D eigenvalue weighted by Crippen LogP contribution is 2.37. The van der Waals surface area contributed by atoms with Crippen LogP contribution >= 0.6 is 15.9 Å². The highest BCUT2D eigenvalue weighted by Gasteiger charge is 2.29. The van der Waals surface area contributed by atoms with Gasteiger partial charge in [-0.3, -0.25) is 4.68 Å². The molecule has 2 rings (SSSR count). The van der Waals surface area contributed by atoms with Crippen LogP contribution in [-0.4, -0.2) is 47.9 Å². The van der Waals surface area contributed by atoms with E-state index in [0.29, 0.717) is 12.0 Å².